The van der Waals surface area contributed by atoms with Gasteiger partial charge in [0.05, 0.1) is 18.8 Å². The molecule has 1 N–H and O–H groups in total. The quantitative estimate of drug-likeness (QED) is 0.888. The van der Waals surface area contributed by atoms with Crippen LogP contribution in [0.3, 0.4) is 0 Å². The standard InChI is InChI=1S/C16H24N4O2/c1-2-22-16-13-9-20(8-7-14(13)17-11-18-16)10-15(21)19-12-5-3-4-6-12/h11-12H,2-10H2,1H3,(H,19,21). The van der Waals surface area contributed by atoms with Crippen LogP contribution in [0.5, 0.6) is 5.88 Å². The number of ether oxygens (including phenoxy) is 1. The lowest BCUT2D eigenvalue weighted by molar-refractivity contribution is -0.123. The summed E-state index contributed by atoms with van der Waals surface area (Å²) < 4.78 is 5.59. The van der Waals surface area contributed by atoms with Crippen molar-refractivity contribution in [3.05, 3.63) is 17.6 Å². The Kier molecular flexibility index (Phi) is 4.87. The van der Waals surface area contributed by atoms with Crippen LogP contribution in [-0.2, 0) is 17.8 Å². The molecule has 0 saturated heterocycles. The first-order chi connectivity index (χ1) is 10.8. The Hall–Kier alpha value is -1.69. The second-order valence-electron chi connectivity index (χ2n) is 6.05. The van der Waals surface area contributed by atoms with Gasteiger partial charge in [-0.1, -0.05) is 12.8 Å². The van der Waals surface area contributed by atoms with Crippen LogP contribution in [0.25, 0.3) is 0 Å². The Morgan fingerprint density at radius 3 is 3.00 bits per heavy atom. The number of amides is 1. The van der Waals surface area contributed by atoms with Gasteiger partial charge in [0.1, 0.15) is 6.33 Å². The highest BCUT2D eigenvalue weighted by molar-refractivity contribution is 5.78. The summed E-state index contributed by atoms with van der Waals surface area (Å²) in [5, 5.41) is 3.15. The molecule has 1 aliphatic carbocycles. The molecule has 22 heavy (non-hydrogen) atoms. The van der Waals surface area contributed by atoms with Crippen molar-refractivity contribution >= 4 is 5.91 Å². The van der Waals surface area contributed by atoms with E-state index in [9.17, 15) is 4.79 Å². The molecule has 3 rings (SSSR count). The smallest absolute Gasteiger partial charge is 0.234 e. The average molecular weight is 304 g/mol. The molecule has 1 amide bonds. The van der Waals surface area contributed by atoms with E-state index < -0.39 is 0 Å². The lowest BCUT2D eigenvalue weighted by Gasteiger charge is -2.28. The number of hydrogen-bond donors (Lipinski definition) is 1. The number of rotatable bonds is 5. The van der Waals surface area contributed by atoms with E-state index in [0.717, 1.165) is 37.1 Å². The van der Waals surface area contributed by atoms with E-state index >= 15 is 0 Å². The van der Waals surface area contributed by atoms with E-state index in [1.807, 2.05) is 6.92 Å². The monoisotopic (exact) mass is 304 g/mol. The molecule has 1 fully saturated rings. The minimum Gasteiger partial charge on any atom is -0.478 e. The second-order valence-corrected chi connectivity index (χ2v) is 6.05. The fraction of sp³-hybridized carbons (Fsp3) is 0.688. The molecule has 0 spiro atoms. The summed E-state index contributed by atoms with van der Waals surface area (Å²) >= 11 is 0. The fourth-order valence-electron chi connectivity index (χ4n) is 3.31. The van der Waals surface area contributed by atoms with Crippen LogP contribution < -0.4 is 10.1 Å². The number of hydrogen-bond acceptors (Lipinski definition) is 5. The minimum atomic E-state index is 0.130. The zero-order valence-electron chi connectivity index (χ0n) is 13.2. The van der Waals surface area contributed by atoms with Crippen molar-refractivity contribution < 1.29 is 9.53 Å². The molecule has 2 aliphatic rings. The number of fused-ring (bicyclic) bond motifs is 1. The summed E-state index contributed by atoms with van der Waals surface area (Å²) in [6.07, 6.45) is 7.11. The highest BCUT2D eigenvalue weighted by atomic mass is 16.5. The van der Waals surface area contributed by atoms with Crippen LogP contribution >= 0.6 is 0 Å². The minimum absolute atomic E-state index is 0.130. The van der Waals surface area contributed by atoms with Gasteiger partial charge in [-0.2, -0.15) is 0 Å². The molecule has 1 aromatic heterocycles. The molecule has 1 aliphatic heterocycles. The van der Waals surface area contributed by atoms with Gasteiger partial charge in [-0.3, -0.25) is 9.69 Å². The normalized spacial score (nSPS) is 19.0. The van der Waals surface area contributed by atoms with Crippen LogP contribution in [0.15, 0.2) is 6.33 Å². The van der Waals surface area contributed by atoms with Gasteiger partial charge in [-0.25, -0.2) is 9.97 Å². The zero-order chi connectivity index (χ0) is 15.4. The van der Waals surface area contributed by atoms with Gasteiger partial charge in [-0.15, -0.1) is 0 Å². The molecule has 0 aromatic carbocycles. The van der Waals surface area contributed by atoms with Crippen molar-refractivity contribution in [2.24, 2.45) is 0 Å². The molecule has 6 nitrogen and oxygen atoms in total. The Morgan fingerprint density at radius 1 is 1.41 bits per heavy atom. The molecule has 6 heteroatoms. The van der Waals surface area contributed by atoms with Gasteiger partial charge in [0.15, 0.2) is 0 Å². The third-order valence-corrected chi connectivity index (χ3v) is 4.41. The predicted octanol–water partition coefficient (Wildman–Crippen LogP) is 1.29. The number of carbonyl (C=O) groups excluding carboxylic acids is 1. The maximum Gasteiger partial charge on any atom is 0.234 e. The lowest BCUT2D eigenvalue weighted by Crippen LogP contribution is -2.43. The summed E-state index contributed by atoms with van der Waals surface area (Å²) in [7, 11) is 0. The third kappa shape index (κ3) is 3.55. The van der Waals surface area contributed by atoms with E-state index in [2.05, 4.69) is 20.2 Å². The maximum atomic E-state index is 12.2. The van der Waals surface area contributed by atoms with Crippen LogP contribution in [0.1, 0.15) is 43.9 Å². The summed E-state index contributed by atoms with van der Waals surface area (Å²) in [4.78, 5) is 22.9. The molecule has 2 heterocycles. The van der Waals surface area contributed by atoms with Gasteiger partial charge in [-0.05, 0) is 19.8 Å². The Balaban J connectivity index is 1.59. The predicted molar refractivity (Wildman–Crippen MR) is 82.6 cm³/mol. The number of aromatic nitrogens is 2. The highest BCUT2D eigenvalue weighted by Gasteiger charge is 2.24. The van der Waals surface area contributed by atoms with E-state index in [0.29, 0.717) is 31.6 Å². The molecule has 0 atom stereocenters. The van der Waals surface area contributed by atoms with Crippen LogP contribution in [0.4, 0.5) is 0 Å². The molecule has 120 valence electrons. The highest BCUT2D eigenvalue weighted by Crippen LogP contribution is 2.24. The van der Waals surface area contributed by atoms with Gasteiger partial charge >= 0.3 is 0 Å². The summed E-state index contributed by atoms with van der Waals surface area (Å²) in [6, 6.07) is 0.381. The largest absolute Gasteiger partial charge is 0.478 e. The first-order valence-corrected chi connectivity index (χ1v) is 8.23. The Morgan fingerprint density at radius 2 is 2.23 bits per heavy atom. The fourth-order valence-corrected chi connectivity index (χ4v) is 3.31. The number of nitrogens with one attached hydrogen (secondary N) is 1. The van der Waals surface area contributed by atoms with Crippen molar-refractivity contribution in [3.8, 4) is 5.88 Å². The van der Waals surface area contributed by atoms with Crippen molar-refractivity contribution in [1.29, 1.82) is 0 Å². The van der Waals surface area contributed by atoms with E-state index in [1.54, 1.807) is 6.33 Å². The zero-order valence-corrected chi connectivity index (χ0v) is 13.2. The molecule has 1 saturated carbocycles. The molecular formula is C16H24N4O2. The van der Waals surface area contributed by atoms with Crippen LogP contribution in [-0.4, -0.2) is 46.5 Å². The molecular weight excluding hydrogens is 280 g/mol. The molecule has 0 bridgehead atoms. The van der Waals surface area contributed by atoms with Crippen molar-refractivity contribution in [2.75, 3.05) is 19.7 Å². The number of carbonyl (C=O) groups is 1. The number of nitrogens with zero attached hydrogens (tertiary/aromatic N) is 3. The van der Waals surface area contributed by atoms with Gasteiger partial charge < -0.3 is 10.1 Å². The van der Waals surface area contributed by atoms with Crippen LogP contribution in [0.2, 0.25) is 0 Å². The Labute approximate surface area is 131 Å². The van der Waals surface area contributed by atoms with E-state index in [4.69, 9.17) is 4.74 Å². The second kappa shape index (κ2) is 7.05. The van der Waals surface area contributed by atoms with Crippen molar-refractivity contribution in [3.63, 3.8) is 0 Å². The maximum absolute atomic E-state index is 12.2. The first-order valence-electron chi connectivity index (χ1n) is 8.23. The van der Waals surface area contributed by atoms with Gasteiger partial charge in [0.25, 0.3) is 0 Å². The van der Waals surface area contributed by atoms with Crippen molar-refractivity contribution in [2.45, 2.75) is 51.6 Å². The molecule has 0 unspecified atom stereocenters. The summed E-state index contributed by atoms with van der Waals surface area (Å²) in [6.45, 7) is 4.52. The van der Waals surface area contributed by atoms with Gasteiger partial charge in [0.2, 0.25) is 11.8 Å². The van der Waals surface area contributed by atoms with E-state index in [-0.39, 0.29) is 5.91 Å². The first kappa shape index (κ1) is 15.2. The van der Waals surface area contributed by atoms with Crippen LogP contribution in [0, 0.1) is 0 Å². The topological polar surface area (TPSA) is 67.4 Å². The van der Waals surface area contributed by atoms with Gasteiger partial charge in [0, 0.05) is 31.1 Å². The summed E-state index contributed by atoms with van der Waals surface area (Å²) in [5.74, 6) is 0.790. The third-order valence-electron chi connectivity index (χ3n) is 4.41. The average Bonchev–Trinajstić information content (AvgIpc) is 3.01. The van der Waals surface area contributed by atoms with Crippen molar-refractivity contribution in [1.82, 2.24) is 20.2 Å². The molecule has 0 radical (unpaired) electrons. The summed E-state index contributed by atoms with van der Waals surface area (Å²) in [5.41, 5.74) is 2.08. The lowest BCUT2D eigenvalue weighted by atomic mass is 10.1. The molecule has 1 aromatic rings. The SMILES string of the molecule is CCOc1ncnc2c1CN(CC(=O)NC1CCCC1)CC2. The van der Waals surface area contributed by atoms with E-state index in [1.165, 1.54) is 12.8 Å². The Bertz CT molecular complexity index is 529.